The minimum atomic E-state index is 0.947. The van der Waals surface area contributed by atoms with Crippen LogP contribution in [-0.4, -0.2) is 6.26 Å². The molecule has 1 aromatic carbocycles. The van der Waals surface area contributed by atoms with Crippen LogP contribution in [0.4, 0.5) is 0 Å². The van der Waals surface area contributed by atoms with Gasteiger partial charge in [-0.3, -0.25) is 4.72 Å². The topological polar surface area (TPSA) is 12.0 Å². The summed E-state index contributed by atoms with van der Waals surface area (Å²) >= 11 is 1.65. The Balaban J connectivity index is 0.000000671. The Bertz CT molecular complexity index is 223. The Morgan fingerprint density at radius 2 is 2.00 bits per heavy atom. The molecule has 1 nitrogen and oxygen atoms in total. The van der Waals surface area contributed by atoms with E-state index in [0.29, 0.717) is 0 Å². The van der Waals surface area contributed by atoms with E-state index in [2.05, 4.69) is 35.9 Å². The third-order valence-corrected chi connectivity index (χ3v) is 1.94. The highest BCUT2D eigenvalue weighted by molar-refractivity contribution is 7.96. The third kappa shape index (κ3) is 5.72. The van der Waals surface area contributed by atoms with Crippen molar-refractivity contribution in [2.75, 3.05) is 6.26 Å². The smallest absolute Gasteiger partial charge is 0.0309 e. The average Bonchev–Trinajstić information content (AvgIpc) is 2.18. The molecule has 0 aliphatic heterocycles. The first-order valence-electron chi connectivity index (χ1n) is 4.64. The standard InChI is InChI=1S/C9H13NS.C2H6/c1-8-4-3-5-9(6-8)7-10-11-2;1-2/h3-6,10H,7H2,1-2H3;1-2H3. The van der Waals surface area contributed by atoms with Crippen molar-refractivity contribution in [1.82, 2.24) is 4.72 Å². The highest BCUT2D eigenvalue weighted by Gasteiger charge is 1.90. The van der Waals surface area contributed by atoms with Crippen molar-refractivity contribution >= 4 is 11.9 Å². The third-order valence-electron chi connectivity index (χ3n) is 1.50. The maximum Gasteiger partial charge on any atom is 0.0309 e. The SMILES string of the molecule is CC.CSNCc1cccc(C)c1. The van der Waals surface area contributed by atoms with Gasteiger partial charge in [-0.25, -0.2) is 0 Å². The van der Waals surface area contributed by atoms with Crippen LogP contribution >= 0.6 is 11.9 Å². The molecule has 0 saturated carbocycles. The van der Waals surface area contributed by atoms with E-state index < -0.39 is 0 Å². The minimum Gasteiger partial charge on any atom is -0.260 e. The summed E-state index contributed by atoms with van der Waals surface area (Å²) in [6.07, 6.45) is 2.04. The zero-order valence-corrected chi connectivity index (χ0v) is 9.74. The van der Waals surface area contributed by atoms with Crippen molar-refractivity contribution < 1.29 is 0 Å². The summed E-state index contributed by atoms with van der Waals surface area (Å²) in [7, 11) is 0. The first-order chi connectivity index (χ1) is 6.33. The molecule has 1 N–H and O–H groups in total. The van der Waals surface area contributed by atoms with Gasteiger partial charge in [-0.1, -0.05) is 55.6 Å². The van der Waals surface area contributed by atoms with Crippen LogP contribution < -0.4 is 4.72 Å². The summed E-state index contributed by atoms with van der Waals surface area (Å²) < 4.78 is 3.21. The summed E-state index contributed by atoms with van der Waals surface area (Å²) in [5.74, 6) is 0. The Morgan fingerprint density at radius 3 is 2.54 bits per heavy atom. The Kier molecular flexibility index (Phi) is 7.85. The average molecular weight is 197 g/mol. The molecule has 1 aromatic rings. The van der Waals surface area contributed by atoms with Crippen molar-refractivity contribution in [3.63, 3.8) is 0 Å². The summed E-state index contributed by atoms with van der Waals surface area (Å²) in [4.78, 5) is 0. The van der Waals surface area contributed by atoms with Gasteiger partial charge in [-0.2, -0.15) is 0 Å². The van der Waals surface area contributed by atoms with E-state index in [9.17, 15) is 0 Å². The van der Waals surface area contributed by atoms with Gasteiger partial charge in [0.05, 0.1) is 0 Å². The second-order valence-corrected chi connectivity index (χ2v) is 3.21. The van der Waals surface area contributed by atoms with Gasteiger partial charge in [-0.15, -0.1) is 0 Å². The largest absolute Gasteiger partial charge is 0.260 e. The van der Waals surface area contributed by atoms with E-state index in [1.165, 1.54) is 11.1 Å². The van der Waals surface area contributed by atoms with Gasteiger partial charge in [0, 0.05) is 6.54 Å². The van der Waals surface area contributed by atoms with Crippen molar-refractivity contribution in [3.05, 3.63) is 35.4 Å². The fourth-order valence-electron chi connectivity index (χ4n) is 0.978. The molecule has 0 aliphatic carbocycles. The van der Waals surface area contributed by atoms with Gasteiger partial charge in [0.15, 0.2) is 0 Å². The lowest BCUT2D eigenvalue weighted by Crippen LogP contribution is -2.01. The van der Waals surface area contributed by atoms with E-state index >= 15 is 0 Å². The van der Waals surface area contributed by atoms with Crippen LogP contribution in [0.25, 0.3) is 0 Å². The zero-order valence-electron chi connectivity index (χ0n) is 8.92. The van der Waals surface area contributed by atoms with E-state index in [1.54, 1.807) is 11.9 Å². The monoisotopic (exact) mass is 197 g/mol. The highest BCUT2D eigenvalue weighted by Crippen LogP contribution is 2.03. The lowest BCUT2D eigenvalue weighted by molar-refractivity contribution is 0.977. The van der Waals surface area contributed by atoms with Gasteiger partial charge in [0.1, 0.15) is 0 Å². The summed E-state index contributed by atoms with van der Waals surface area (Å²) in [6, 6.07) is 8.54. The number of nitrogens with one attached hydrogen (secondary N) is 1. The first-order valence-corrected chi connectivity index (χ1v) is 5.87. The number of hydrogen-bond donors (Lipinski definition) is 1. The molecule has 0 fully saturated rings. The predicted molar refractivity (Wildman–Crippen MR) is 62.9 cm³/mol. The lowest BCUT2D eigenvalue weighted by Gasteiger charge is -2.01. The molecule has 0 aliphatic rings. The van der Waals surface area contributed by atoms with E-state index in [-0.39, 0.29) is 0 Å². The normalized spacial score (nSPS) is 8.92. The molecule has 0 unspecified atom stereocenters. The number of hydrogen-bond acceptors (Lipinski definition) is 2. The Hall–Kier alpha value is -0.470. The summed E-state index contributed by atoms with van der Waals surface area (Å²) in [6.45, 7) is 7.06. The minimum absolute atomic E-state index is 0.947. The first kappa shape index (κ1) is 12.5. The van der Waals surface area contributed by atoms with Gasteiger partial charge >= 0.3 is 0 Å². The van der Waals surface area contributed by atoms with E-state index in [4.69, 9.17) is 0 Å². The van der Waals surface area contributed by atoms with Crippen LogP contribution in [0.2, 0.25) is 0 Å². The van der Waals surface area contributed by atoms with Gasteiger partial charge in [0.2, 0.25) is 0 Å². The van der Waals surface area contributed by atoms with Crippen molar-refractivity contribution in [2.24, 2.45) is 0 Å². The van der Waals surface area contributed by atoms with Crippen LogP contribution in [-0.2, 0) is 6.54 Å². The number of rotatable bonds is 3. The molecule has 0 spiro atoms. The molecule has 2 heteroatoms. The lowest BCUT2D eigenvalue weighted by atomic mass is 10.1. The molecule has 1 rings (SSSR count). The zero-order chi connectivity index (χ0) is 10.1. The Morgan fingerprint density at radius 1 is 1.31 bits per heavy atom. The highest BCUT2D eigenvalue weighted by atomic mass is 32.2. The van der Waals surface area contributed by atoms with Crippen LogP contribution in [0.5, 0.6) is 0 Å². The second-order valence-electron chi connectivity index (χ2n) is 2.51. The molecule has 0 radical (unpaired) electrons. The molecule has 13 heavy (non-hydrogen) atoms. The molecule has 74 valence electrons. The van der Waals surface area contributed by atoms with Gasteiger partial charge in [-0.05, 0) is 18.7 Å². The fourth-order valence-corrected chi connectivity index (χ4v) is 1.29. The van der Waals surface area contributed by atoms with Crippen molar-refractivity contribution in [3.8, 4) is 0 Å². The molecule has 0 atom stereocenters. The van der Waals surface area contributed by atoms with Crippen LogP contribution in [0.3, 0.4) is 0 Å². The molecule has 0 bridgehead atoms. The number of aryl methyl sites for hydroxylation is 1. The Labute approximate surface area is 86.1 Å². The molecule has 0 aromatic heterocycles. The molecular weight excluding hydrogens is 178 g/mol. The second kappa shape index (κ2) is 8.14. The molecule has 0 saturated heterocycles. The summed E-state index contributed by atoms with van der Waals surface area (Å²) in [5.41, 5.74) is 2.67. The van der Waals surface area contributed by atoms with E-state index in [0.717, 1.165) is 6.54 Å². The number of benzene rings is 1. The van der Waals surface area contributed by atoms with Crippen molar-refractivity contribution in [1.29, 1.82) is 0 Å². The quantitative estimate of drug-likeness (QED) is 0.745. The van der Waals surface area contributed by atoms with Crippen LogP contribution in [0, 0.1) is 6.92 Å². The van der Waals surface area contributed by atoms with E-state index in [1.807, 2.05) is 20.1 Å². The fraction of sp³-hybridized carbons (Fsp3) is 0.455. The van der Waals surface area contributed by atoms with Crippen LogP contribution in [0.15, 0.2) is 24.3 Å². The van der Waals surface area contributed by atoms with Gasteiger partial charge < -0.3 is 0 Å². The molecule has 0 heterocycles. The van der Waals surface area contributed by atoms with Crippen LogP contribution in [0.1, 0.15) is 25.0 Å². The van der Waals surface area contributed by atoms with Crippen molar-refractivity contribution in [2.45, 2.75) is 27.3 Å². The predicted octanol–water partition coefficient (Wildman–Crippen LogP) is 3.39. The summed E-state index contributed by atoms with van der Waals surface area (Å²) in [5, 5.41) is 0. The molecule has 0 amide bonds. The molecular formula is C11H19NS. The maximum absolute atomic E-state index is 3.21. The maximum atomic E-state index is 3.21. The van der Waals surface area contributed by atoms with Gasteiger partial charge in [0.25, 0.3) is 0 Å².